The van der Waals surface area contributed by atoms with E-state index in [-0.39, 0.29) is 6.61 Å². The van der Waals surface area contributed by atoms with E-state index in [2.05, 4.69) is 21.2 Å². The molecule has 0 saturated carbocycles. The largest absolute Gasteiger partial charge is 0.464 e. The third-order valence-electron chi connectivity index (χ3n) is 3.17. The topological polar surface area (TPSA) is 58.6 Å². The maximum Gasteiger partial charge on any atom is 0.337 e. The SMILES string of the molecule is CCOC(=O)[C@H](O)[C@H](Nc1ccc(Br)cc1)c1ccccc1. The average molecular weight is 364 g/mol. The molecule has 0 aliphatic carbocycles. The van der Waals surface area contributed by atoms with Gasteiger partial charge < -0.3 is 15.2 Å². The standard InChI is InChI=1S/C17H18BrNO3/c1-2-22-17(21)16(20)15(12-6-4-3-5-7-12)19-14-10-8-13(18)9-11-14/h3-11,15-16,19-20H,2H2,1H3/t15-,16-/m1/s1. The maximum atomic E-state index is 11.9. The maximum absolute atomic E-state index is 11.9. The second kappa shape index (κ2) is 7.96. The summed E-state index contributed by atoms with van der Waals surface area (Å²) in [6, 6.07) is 16.3. The summed E-state index contributed by atoms with van der Waals surface area (Å²) in [6.07, 6.45) is -1.29. The van der Waals surface area contributed by atoms with Crippen LogP contribution >= 0.6 is 15.9 Å². The van der Waals surface area contributed by atoms with Crippen LogP contribution in [0.25, 0.3) is 0 Å². The van der Waals surface area contributed by atoms with Gasteiger partial charge in [0.15, 0.2) is 6.10 Å². The van der Waals surface area contributed by atoms with Gasteiger partial charge in [-0.1, -0.05) is 46.3 Å². The molecule has 0 spiro atoms. The van der Waals surface area contributed by atoms with E-state index in [9.17, 15) is 9.90 Å². The molecule has 0 aliphatic rings. The van der Waals surface area contributed by atoms with Crippen molar-refractivity contribution in [1.82, 2.24) is 0 Å². The number of aliphatic hydroxyl groups is 1. The van der Waals surface area contributed by atoms with Crippen molar-refractivity contribution in [3.8, 4) is 0 Å². The van der Waals surface area contributed by atoms with E-state index >= 15 is 0 Å². The zero-order valence-corrected chi connectivity index (χ0v) is 13.8. The highest BCUT2D eigenvalue weighted by atomic mass is 79.9. The lowest BCUT2D eigenvalue weighted by Crippen LogP contribution is -2.34. The Kier molecular flexibility index (Phi) is 5.98. The van der Waals surface area contributed by atoms with E-state index in [1.54, 1.807) is 6.92 Å². The molecule has 0 unspecified atom stereocenters. The molecule has 5 heteroatoms. The first-order chi connectivity index (χ1) is 10.6. The van der Waals surface area contributed by atoms with Gasteiger partial charge in [-0.25, -0.2) is 4.79 Å². The summed E-state index contributed by atoms with van der Waals surface area (Å²) >= 11 is 3.38. The Morgan fingerprint density at radius 1 is 1.18 bits per heavy atom. The van der Waals surface area contributed by atoms with E-state index in [1.807, 2.05) is 54.6 Å². The van der Waals surface area contributed by atoms with Gasteiger partial charge in [0, 0.05) is 10.2 Å². The number of anilines is 1. The molecule has 0 radical (unpaired) electrons. The van der Waals surface area contributed by atoms with Gasteiger partial charge >= 0.3 is 5.97 Å². The predicted molar refractivity (Wildman–Crippen MR) is 89.6 cm³/mol. The Bertz CT molecular complexity index is 601. The molecule has 2 N–H and O–H groups in total. The molecule has 0 saturated heterocycles. The third kappa shape index (κ3) is 4.32. The van der Waals surface area contributed by atoms with Crippen molar-refractivity contribution in [3.63, 3.8) is 0 Å². The van der Waals surface area contributed by atoms with Crippen molar-refractivity contribution in [2.24, 2.45) is 0 Å². The van der Waals surface area contributed by atoms with Crippen molar-refractivity contribution in [2.75, 3.05) is 11.9 Å². The molecule has 22 heavy (non-hydrogen) atoms. The Hall–Kier alpha value is -1.85. The first-order valence-corrected chi connectivity index (χ1v) is 7.83. The normalized spacial score (nSPS) is 13.2. The van der Waals surface area contributed by atoms with E-state index in [4.69, 9.17) is 4.74 Å². The number of hydrogen-bond donors (Lipinski definition) is 2. The monoisotopic (exact) mass is 363 g/mol. The van der Waals surface area contributed by atoms with Crippen LogP contribution in [0.2, 0.25) is 0 Å². The molecular formula is C17H18BrNO3. The molecule has 2 aromatic carbocycles. The summed E-state index contributed by atoms with van der Waals surface area (Å²) in [5.74, 6) is -0.638. The summed E-state index contributed by atoms with van der Waals surface area (Å²) in [5, 5.41) is 13.5. The number of rotatable bonds is 6. The van der Waals surface area contributed by atoms with Gasteiger partial charge in [-0.05, 0) is 36.8 Å². The molecule has 0 amide bonds. The first-order valence-electron chi connectivity index (χ1n) is 7.03. The number of carbonyl (C=O) groups is 1. The van der Waals surface area contributed by atoms with E-state index in [0.717, 1.165) is 15.7 Å². The third-order valence-corrected chi connectivity index (χ3v) is 3.70. The van der Waals surface area contributed by atoms with Gasteiger partial charge in [-0.15, -0.1) is 0 Å². The first kappa shape index (κ1) is 16.5. The van der Waals surface area contributed by atoms with Crippen molar-refractivity contribution < 1.29 is 14.6 Å². The van der Waals surface area contributed by atoms with Crippen LogP contribution in [0.15, 0.2) is 59.1 Å². The van der Waals surface area contributed by atoms with Crippen molar-refractivity contribution >= 4 is 27.6 Å². The molecule has 0 bridgehead atoms. The number of aliphatic hydroxyl groups excluding tert-OH is 1. The number of carbonyl (C=O) groups excluding carboxylic acids is 1. The second-order valence-electron chi connectivity index (χ2n) is 4.74. The minimum absolute atomic E-state index is 0.232. The average Bonchev–Trinajstić information content (AvgIpc) is 2.55. The molecule has 0 heterocycles. The molecule has 0 aliphatic heterocycles. The lowest BCUT2D eigenvalue weighted by atomic mass is 10.0. The fraction of sp³-hybridized carbons (Fsp3) is 0.235. The lowest BCUT2D eigenvalue weighted by molar-refractivity contribution is -0.153. The molecular weight excluding hydrogens is 346 g/mol. The molecule has 2 rings (SSSR count). The summed E-state index contributed by atoms with van der Waals surface area (Å²) in [4.78, 5) is 11.9. The predicted octanol–water partition coefficient (Wildman–Crippen LogP) is 3.53. The van der Waals surface area contributed by atoms with Gasteiger partial charge in [-0.2, -0.15) is 0 Å². The van der Waals surface area contributed by atoms with Gasteiger partial charge in [0.05, 0.1) is 12.6 Å². The summed E-state index contributed by atoms with van der Waals surface area (Å²) in [5.41, 5.74) is 1.62. The molecule has 0 aromatic heterocycles. The zero-order chi connectivity index (χ0) is 15.9. The number of ether oxygens (including phenoxy) is 1. The van der Waals surface area contributed by atoms with Crippen LogP contribution < -0.4 is 5.32 Å². The van der Waals surface area contributed by atoms with Gasteiger partial charge in [-0.3, -0.25) is 0 Å². The van der Waals surface area contributed by atoms with Gasteiger partial charge in [0.2, 0.25) is 0 Å². The number of nitrogens with one attached hydrogen (secondary N) is 1. The fourth-order valence-electron chi connectivity index (χ4n) is 2.09. The van der Waals surface area contributed by atoms with Crippen LogP contribution in [-0.2, 0) is 9.53 Å². The smallest absolute Gasteiger partial charge is 0.337 e. The quantitative estimate of drug-likeness (QED) is 0.770. The Balaban J connectivity index is 2.25. The van der Waals surface area contributed by atoms with Crippen LogP contribution in [0.4, 0.5) is 5.69 Å². The number of esters is 1. The lowest BCUT2D eigenvalue weighted by Gasteiger charge is -2.24. The van der Waals surface area contributed by atoms with E-state index in [1.165, 1.54) is 0 Å². The molecule has 4 nitrogen and oxygen atoms in total. The van der Waals surface area contributed by atoms with E-state index < -0.39 is 18.1 Å². The summed E-state index contributed by atoms with van der Waals surface area (Å²) in [7, 11) is 0. The van der Waals surface area contributed by atoms with Crippen LogP contribution in [0.3, 0.4) is 0 Å². The summed E-state index contributed by atoms with van der Waals surface area (Å²) < 4.78 is 5.89. The Morgan fingerprint density at radius 2 is 1.82 bits per heavy atom. The number of halogens is 1. The van der Waals surface area contributed by atoms with Crippen molar-refractivity contribution in [1.29, 1.82) is 0 Å². The molecule has 2 aromatic rings. The minimum atomic E-state index is -1.29. The molecule has 2 atom stereocenters. The summed E-state index contributed by atoms with van der Waals surface area (Å²) in [6.45, 7) is 1.94. The van der Waals surface area contributed by atoms with Gasteiger partial charge in [0.1, 0.15) is 0 Å². The van der Waals surface area contributed by atoms with Crippen LogP contribution in [0.5, 0.6) is 0 Å². The zero-order valence-electron chi connectivity index (χ0n) is 12.2. The fourth-order valence-corrected chi connectivity index (χ4v) is 2.36. The Labute approximate surface area is 138 Å². The van der Waals surface area contributed by atoms with Crippen LogP contribution in [0, 0.1) is 0 Å². The highest BCUT2D eigenvalue weighted by molar-refractivity contribution is 9.10. The van der Waals surface area contributed by atoms with Crippen LogP contribution in [0.1, 0.15) is 18.5 Å². The second-order valence-corrected chi connectivity index (χ2v) is 5.65. The number of benzene rings is 2. The minimum Gasteiger partial charge on any atom is -0.464 e. The van der Waals surface area contributed by atoms with Crippen molar-refractivity contribution in [3.05, 3.63) is 64.6 Å². The van der Waals surface area contributed by atoms with Crippen LogP contribution in [-0.4, -0.2) is 23.8 Å². The molecule has 116 valence electrons. The van der Waals surface area contributed by atoms with Crippen molar-refractivity contribution in [2.45, 2.75) is 19.1 Å². The number of hydrogen-bond acceptors (Lipinski definition) is 4. The Morgan fingerprint density at radius 3 is 2.41 bits per heavy atom. The van der Waals surface area contributed by atoms with Gasteiger partial charge in [0.25, 0.3) is 0 Å². The molecule has 0 fully saturated rings. The highest BCUT2D eigenvalue weighted by Crippen LogP contribution is 2.24. The highest BCUT2D eigenvalue weighted by Gasteiger charge is 2.28. The van der Waals surface area contributed by atoms with E-state index in [0.29, 0.717) is 0 Å².